The van der Waals surface area contributed by atoms with Crippen molar-refractivity contribution >= 4 is 17.3 Å². The van der Waals surface area contributed by atoms with Gasteiger partial charge in [-0.25, -0.2) is 0 Å². The Balaban J connectivity index is 2.18. The first-order chi connectivity index (χ1) is 12.9. The van der Waals surface area contributed by atoms with Gasteiger partial charge in [0.05, 0.1) is 27.9 Å². The lowest BCUT2D eigenvalue weighted by Crippen LogP contribution is -2.33. The molecule has 0 aliphatic rings. The van der Waals surface area contributed by atoms with Crippen LogP contribution in [0.3, 0.4) is 0 Å². The molecule has 0 aliphatic carbocycles. The summed E-state index contributed by atoms with van der Waals surface area (Å²) < 4.78 is 16.0. The molecule has 1 amide bonds. The predicted octanol–water partition coefficient (Wildman–Crippen LogP) is 3.79. The second-order valence-corrected chi connectivity index (χ2v) is 6.32. The predicted molar refractivity (Wildman–Crippen MR) is 109 cm³/mol. The van der Waals surface area contributed by atoms with E-state index in [9.17, 15) is 4.79 Å². The molecule has 2 aromatic rings. The number of nitrogens with one attached hydrogen (secondary N) is 1. The lowest BCUT2D eigenvalue weighted by atomic mass is 10.1. The summed E-state index contributed by atoms with van der Waals surface area (Å²) in [7, 11) is 4.63. The Morgan fingerprint density at radius 3 is 1.93 bits per heavy atom. The number of amides is 1. The summed E-state index contributed by atoms with van der Waals surface area (Å²) in [6.45, 7) is 7.12. The average Bonchev–Trinajstić information content (AvgIpc) is 2.64. The molecule has 0 unspecified atom stereocenters. The second-order valence-electron chi connectivity index (χ2n) is 6.32. The molecule has 0 radical (unpaired) electrons. The number of hydrogen-bond donors (Lipinski definition) is 1. The maximum absolute atomic E-state index is 12.6. The highest BCUT2D eigenvalue weighted by Gasteiger charge is 2.16. The van der Waals surface area contributed by atoms with E-state index in [4.69, 9.17) is 14.2 Å². The Morgan fingerprint density at radius 2 is 1.48 bits per heavy atom. The summed E-state index contributed by atoms with van der Waals surface area (Å²) in [5, 5.41) is 2.91. The molecule has 0 heterocycles. The van der Waals surface area contributed by atoms with Crippen molar-refractivity contribution in [1.82, 2.24) is 0 Å². The minimum atomic E-state index is -0.120. The molecular weight excluding hydrogens is 344 g/mol. The summed E-state index contributed by atoms with van der Waals surface area (Å²) in [5.41, 5.74) is 3.97. The largest absolute Gasteiger partial charge is 0.493 e. The van der Waals surface area contributed by atoms with Crippen molar-refractivity contribution < 1.29 is 19.0 Å². The number of methoxy groups -OCH3 is 3. The van der Waals surface area contributed by atoms with Crippen molar-refractivity contribution in [1.29, 1.82) is 0 Å². The Hall–Kier alpha value is -2.89. The van der Waals surface area contributed by atoms with Crippen LogP contribution in [-0.4, -0.2) is 40.3 Å². The van der Waals surface area contributed by atoms with E-state index in [0.29, 0.717) is 22.9 Å². The smallest absolute Gasteiger partial charge is 0.243 e. The van der Waals surface area contributed by atoms with Gasteiger partial charge in [0.2, 0.25) is 11.7 Å². The number of nitrogens with zero attached hydrogens (tertiary/aromatic N) is 1. The van der Waals surface area contributed by atoms with Gasteiger partial charge in [-0.3, -0.25) is 4.79 Å². The number of carbonyl (C=O) groups is 1. The fraction of sp³-hybridized carbons (Fsp3) is 0.381. The van der Waals surface area contributed by atoms with Crippen LogP contribution in [0, 0.1) is 13.8 Å². The van der Waals surface area contributed by atoms with E-state index in [1.54, 1.807) is 33.5 Å². The molecule has 0 atom stereocenters. The van der Waals surface area contributed by atoms with Gasteiger partial charge in [-0.15, -0.1) is 0 Å². The van der Waals surface area contributed by atoms with Crippen LogP contribution in [0.2, 0.25) is 0 Å². The third kappa shape index (κ3) is 5.06. The molecule has 6 heteroatoms. The van der Waals surface area contributed by atoms with Crippen LogP contribution in [0.4, 0.5) is 11.4 Å². The zero-order valence-corrected chi connectivity index (χ0v) is 16.9. The summed E-state index contributed by atoms with van der Waals surface area (Å²) >= 11 is 0. The fourth-order valence-corrected chi connectivity index (χ4v) is 3.05. The SMILES string of the molecule is CCN(CC(=O)Nc1cc(OC)c(OC)c(OC)c1)c1cc(C)cc(C)c1. The normalized spacial score (nSPS) is 10.3. The second kappa shape index (κ2) is 9.16. The van der Waals surface area contributed by atoms with Gasteiger partial charge in [-0.2, -0.15) is 0 Å². The third-order valence-corrected chi connectivity index (χ3v) is 4.24. The van der Waals surface area contributed by atoms with E-state index in [1.165, 1.54) is 11.1 Å². The number of hydrogen-bond acceptors (Lipinski definition) is 5. The molecule has 6 nitrogen and oxygen atoms in total. The first-order valence-corrected chi connectivity index (χ1v) is 8.84. The molecule has 146 valence electrons. The zero-order chi connectivity index (χ0) is 20.0. The van der Waals surface area contributed by atoms with Crippen molar-refractivity contribution in [3.63, 3.8) is 0 Å². The minimum absolute atomic E-state index is 0.120. The van der Waals surface area contributed by atoms with Crippen molar-refractivity contribution in [3.05, 3.63) is 41.5 Å². The molecule has 2 rings (SSSR count). The Morgan fingerprint density at radius 1 is 0.926 bits per heavy atom. The standard InChI is InChI=1S/C21H28N2O4/c1-7-23(17-9-14(2)8-15(3)10-17)13-20(24)22-16-11-18(25-4)21(27-6)19(12-16)26-5/h8-12H,7,13H2,1-6H3,(H,22,24). The van der Waals surface area contributed by atoms with Gasteiger partial charge in [0.15, 0.2) is 11.5 Å². The minimum Gasteiger partial charge on any atom is -0.493 e. The maximum Gasteiger partial charge on any atom is 0.243 e. The Bertz CT molecular complexity index is 760. The average molecular weight is 372 g/mol. The quantitative estimate of drug-likeness (QED) is 0.764. The van der Waals surface area contributed by atoms with Crippen LogP contribution in [0.1, 0.15) is 18.1 Å². The summed E-state index contributed by atoms with van der Waals surface area (Å²) in [6.07, 6.45) is 0. The molecule has 1 N–H and O–H groups in total. The van der Waals surface area contributed by atoms with E-state index in [2.05, 4.69) is 37.4 Å². The number of ether oxygens (including phenoxy) is 3. The highest BCUT2D eigenvalue weighted by atomic mass is 16.5. The number of carbonyl (C=O) groups excluding carboxylic acids is 1. The molecule has 0 aromatic heterocycles. The fourth-order valence-electron chi connectivity index (χ4n) is 3.05. The van der Waals surface area contributed by atoms with Crippen molar-refractivity contribution in [2.75, 3.05) is 44.6 Å². The molecule has 0 bridgehead atoms. The van der Waals surface area contributed by atoms with Gasteiger partial charge in [-0.05, 0) is 44.0 Å². The number of rotatable bonds is 8. The van der Waals surface area contributed by atoms with E-state index in [1.807, 2.05) is 11.8 Å². The number of likely N-dealkylation sites (N-methyl/N-ethyl adjacent to an activating group) is 1. The summed E-state index contributed by atoms with van der Waals surface area (Å²) in [5.74, 6) is 1.36. The maximum atomic E-state index is 12.6. The van der Waals surface area contributed by atoms with Crippen molar-refractivity contribution in [2.24, 2.45) is 0 Å². The van der Waals surface area contributed by atoms with Crippen LogP contribution < -0.4 is 24.4 Å². The Kier molecular flexibility index (Phi) is 6.93. The highest BCUT2D eigenvalue weighted by molar-refractivity contribution is 5.94. The van der Waals surface area contributed by atoms with E-state index in [0.717, 1.165) is 12.2 Å². The van der Waals surface area contributed by atoms with Gasteiger partial charge in [0.25, 0.3) is 0 Å². The lowest BCUT2D eigenvalue weighted by Gasteiger charge is -2.23. The number of aryl methyl sites for hydroxylation is 2. The van der Waals surface area contributed by atoms with E-state index in [-0.39, 0.29) is 12.5 Å². The van der Waals surface area contributed by atoms with E-state index < -0.39 is 0 Å². The third-order valence-electron chi connectivity index (χ3n) is 4.24. The first-order valence-electron chi connectivity index (χ1n) is 8.84. The molecule has 0 spiro atoms. The van der Waals surface area contributed by atoms with Gasteiger partial charge in [0, 0.05) is 30.1 Å². The molecule has 0 saturated carbocycles. The highest BCUT2D eigenvalue weighted by Crippen LogP contribution is 2.39. The van der Waals surface area contributed by atoms with Gasteiger partial charge >= 0.3 is 0 Å². The molecule has 2 aromatic carbocycles. The lowest BCUT2D eigenvalue weighted by molar-refractivity contribution is -0.115. The van der Waals surface area contributed by atoms with Crippen LogP contribution in [0.25, 0.3) is 0 Å². The summed E-state index contributed by atoms with van der Waals surface area (Å²) in [4.78, 5) is 14.6. The number of anilines is 2. The zero-order valence-electron chi connectivity index (χ0n) is 16.9. The van der Waals surface area contributed by atoms with Crippen LogP contribution in [-0.2, 0) is 4.79 Å². The van der Waals surface area contributed by atoms with Gasteiger partial charge in [-0.1, -0.05) is 6.07 Å². The van der Waals surface area contributed by atoms with Crippen LogP contribution in [0.5, 0.6) is 17.2 Å². The molecular formula is C21H28N2O4. The number of benzene rings is 2. The van der Waals surface area contributed by atoms with Crippen molar-refractivity contribution in [2.45, 2.75) is 20.8 Å². The molecule has 0 fully saturated rings. The topological polar surface area (TPSA) is 60.0 Å². The van der Waals surface area contributed by atoms with Crippen molar-refractivity contribution in [3.8, 4) is 17.2 Å². The summed E-state index contributed by atoms with van der Waals surface area (Å²) in [6, 6.07) is 9.72. The Labute approximate surface area is 161 Å². The van der Waals surface area contributed by atoms with Crippen LogP contribution >= 0.6 is 0 Å². The molecule has 27 heavy (non-hydrogen) atoms. The first kappa shape index (κ1) is 20.4. The van der Waals surface area contributed by atoms with Gasteiger partial charge in [0.1, 0.15) is 0 Å². The van der Waals surface area contributed by atoms with E-state index >= 15 is 0 Å². The molecule has 0 saturated heterocycles. The molecule has 0 aliphatic heterocycles. The van der Waals surface area contributed by atoms with Crippen LogP contribution in [0.15, 0.2) is 30.3 Å². The monoisotopic (exact) mass is 372 g/mol. The van der Waals surface area contributed by atoms with Gasteiger partial charge < -0.3 is 24.4 Å².